The smallest absolute Gasteiger partial charge is 0.289 e. The van der Waals surface area contributed by atoms with E-state index in [-0.39, 0.29) is 40.8 Å². The normalized spacial score (nSPS) is 20.9. The van der Waals surface area contributed by atoms with Crippen molar-refractivity contribution in [1.82, 2.24) is 14.5 Å². The predicted octanol–water partition coefficient (Wildman–Crippen LogP) is 2.01. The molecule has 0 aliphatic carbocycles. The quantitative estimate of drug-likeness (QED) is 0.782. The number of carbonyl (C=O) groups is 1. The van der Waals surface area contributed by atoms with E-state index < -0.39 is 10.0 Å². The van der Waals surface area contributed by atoms with Gasteiger partial charge in [-0.2, -0.15) is 4.31 Å². The van der Waals surface area contributed by atoms with Crippen molar-refractivity contribution in [2.45, 2.75) is 50.5 Å². The average Bonchev–Trinajstić information content (AvgIpc) is 3.31. The van der Waals surface area contributed by atoms with Crippen LogP contribution >= 0.6 is 12.4 Å². The summed E-state index contributed by atoms with van der Waals surface area (Å²) in [5, 5.41) is 3.27. The van der Waals surface area contributed by atoms with Gasteiger partial charge in [-0.3, -0.25) is 4.79 Å². The van der Waals surface area contributed by atoms with Gasteiger partial charge in [0.1, 0.15) is 10.7 Å². The van der Waals surface area contributed by atoms with Gasteiger partial charge < -0.3 is 14.6 Å². The van der Waals surface area contributed by atoms with Gasteiger partial charge in [-0.1, -0.05) is 6.92 Å². The first kappa shape index (κ1) is 21.2. The van der Waals surface area contributed by atoms with Crippen molar-refractivity contribution in [3.8, 4) is 0 Å². The van der Waals surface area contributed by atoms with Gasteiger partial charge in [0.15, 0.2) is 5.76 Å². The summed E-state index contributed by atoms with van der Waals surface area (Å²) >= 11 is 0. The molecule has 2 aliphatic rings. The highest BCUT2D eigenvalue weighted by Crippen LogP contribution is 2.27. The lowest BCUT2D eigenvalue weighted by Gasteiger charge is -2.27. The van der Waals surface area contributed by atoms with E-state index >= 15 is 0 Å². The van der Waals surface area contributed by atoms with Gasteiger partial charge in [0.2, 0.25) is 10.0 Å². The highest BCUT2D eigenvalue weighted by molar-refractivity contribution is 7.89. The molecular weight excluding hydrogens is 378 g/mol. The largest absolute Gasteiger partial charge is 0.455 e. The molecule has 0 saturated carbocycles. The lowest BCUT2D eigenvalue weighted by molar-refractivity contribution is 0.0658. The number of hydrogen-bond donors (Lipinski definition) is 1. The van der Waals surface area contributed by atoms with Gasteiger partial charge in [0, 0.05) is 38.3 Å². The molecule has 0 radical (unpaired) electrons. The first-order chi connectivity index (χ1) is 11.9. The Morgan fingerprint density at radius 1 is 1.38 bits per heavy atom. The predicted molar refractivity (Wildman–Crippen MR) is 101 cm³/mol. The van der Waals surface area contributed by atoms with Crippen LogP contribution in [0.4, 0.5) is 0 Å². The van der Waals surface area contributed by atoms with E-state index in [9.17, 15) is 13.2 Å². The van der Waals surface area contributed by atoms with Crippen LogP contribution in [-0.4, -0.2) is 62.3 Å². The van der Waals surface area contributed by atoms with Crippen molar-refractivity contribution in [3.63, 3.8) is 0 Å². The summed E-state index contributed by atoms with van der Waals surface area (Å²) in [6.07, 6.45) is 3.51. The van der Waals surface area contributed by atoms with Gasteiger partial charge >= 0.3 is 0 Å². The summed E-state index contributed by atoms with van der Waals surface area (Å²) in [6, 6.07) is 1.55. The Morgan fingerprint density at radius 2 is 2.08 bits per heavy atom. The second-order valence-electron chi connectivity index (χ2n) is 6.79. The van der Waals surface area contributed by atoms with Gasteiger partial charge in [-0.05, 0) is 39.2 Å². The van der Waals surface area contributed by atoms with Crippen LogP contribution in [0.5, 0.6) is 0 Å². The van der Waals surface area contributed by atoms with E-state index in [2.05, 4.69) is 5.32 Å². The van der Waals surface area contributed by atoms with E-state index in [1.54, 1.807) is 6.92 Å². The lowest BCUT2D eigenvalue weighted by atomic mass is 10.2. The zero-order valence-electron chi connectivity index (χ0n) is 15.4. The summed E-state index contributed by atoms with van der Waals surface area (Å²) in [5.41, 5.74) is 0. The van der Waals surface area contributed by atoms with E-state index in [4.69, 9.17) is 4.42 Å². The number of carbonyl (C=O) groups excluding carboxylic acids is 1. The van der Waals surface area contributed by atoms with Gasteiger partial charge in [0.25, 0.3) is 5.91 Å². The molecule has 0 spiro atoms. The first-order valence-electron chi connectivity index (χ1n) is 9.07. The Morgan fingerprint density at radius 3 is 2.65 bits per heavy atom. The fourth-order valence-corrected chi connectivity index (χ4v) is 5.31. The molecule has 1 atom stereocenters. The van der Waals surface area contributed by atoms with Gasteiger partial charge in [-0.15, -0.1) is 12.4 Å². The molecule has 1 aromatic heterocycles. The van der Waals surface area contributed by atoms with E-state index in [0.29, 0.717) is 19.6 Å². The fraction of sp³-hybridized carbons (Fsp3) is 0.706. The third kappa shape index (κ3) is 4.08. The Kier molecular flexibility index (Phi) is 7.12. The van der Waals surface area contributed by atoms with Crippen LogP contribution in [0, 0.1) is 6.92 Å². The van der Waals surface area contributed by atoms with E-state index in [0.717, 1.165) is 38.8 Å². The Hall–Kier alpha value is -1.09. The second kappa shape index (κ2) is 8.73. The van der Waals surface area contributed by atoms with Crippen LogP contribution in [0.3, 0.4) is 0 Å². The van der Waals surface area contributed by atoms with E-state index in [1.165, 1.54) is 10.4 Å². The van der Waals surface area contributed by atoms with Crippen LogP contribution < -0.4 is 5.32 Å². The summed E-state index contributed by atoms with van der Waals surface area (Å²) in [4.78, 5) is 14.9. The number of halogens is 1. The van der Waals surface area contributed by atoms with Crippen molar-refractivity contribution in [3.05, 3.63) is 17.6 Å². The molecule has 7 nitrogen and oxygen atoms in total. The van der Waals surface area contributed by atoms with Crippen molar-refractivity contribution in [2.75, 3.05) is 32.7 Å². The molecule has 148 valence electrons. The Bertz CT molecular complexity index is 722. The number of amides is 1. The lowest BCUT2D eigenvalue weighted by Crippen LogP contribution is -2.42. The molecule has 2 fully saturated rings. The summed E-state index contributed by atoms with van der Waals surface area (Å²) in [6.45, 7) is 7.01. The van der Waals surface area contributed by atoms with Crippen molar-refractivity contribution in [1.29, 1.82) is 0 Å². The number of rotatable bonds is 6. The second-order valence-corrected chi connectivity index (χ2v) is 8.69. The van der Waals surface area contributed by atoms with Crippen LogP contribution in [0.25, 0.3) is 0 Å². The molecule has 3 heterocycles. The Labute approximate surface area is 161 Å². The number of nitrogens with zero attached hydrogens (tertiary/aromatic N) is 2. The fourth-order valence-electron chi connectivity index (χ4n) is 3.63. The molecule has 0 bridgehead atoms. The maximum atomic E-state index is 12.9. The number of furan rings is 1. The van der Waals surface area contributed by atoms with Gasteiger partial charge in [0.05, 0.1) is 0 Å². The Balaban J connectivity index is 0.00000243. The summed E-state index contributed by atoms with van der Waals surface area (Å²) < 4.78 is 32.6. The van der Waals surface area contributed by atoms with Crippen LogP contribution in [0.2, 0.25) is 0 Å². The molecule has 1 aromatic rings. The molecule has 2 aliphatic heterocycles. The molecule has 0 aromatic carbocycles. The third-order valence-electron chi connectivity index (χ3n) is 4.97. The number of aryl methyl sites for hydroxylation is 1. The minimum atomic E-state index is -3.58. The molecule has 9 heteroatoms. The molecule has 1 amide bonds. The van der Waals surface area contributed by atoms with Crippen molar-refractivity contribution in [2.24, 2.45) is 0 Å². The number of hydrogen-bond acceptors (Lipinski definition) is 5. The molecule has 2 saturated heterocycles. The van der Waals surface area contributed by atoms with E-state index in [1.807, 2.05) is 11.8 Å². The van der Waals surface area contributed by atoms with Crippen LogP contribution in [0.15, 0.2) is 15.4 Å². The van der Waals surface area contributed by atoms with Crippen LogP contribution in [-0.2, 0) is 10.0 Å². The average molecular weight is 406 g/mol. The maximum absolute atomic E-state index is 12.9. The number of sulfonamides is 1. The highest BCUT2D eigenvalue weighted by atomic mass is 35.5. The van der Waals surface area contributed by atoms with Gasteiger partial charge in [-0.25, -0.2) is 8.42 Å². The molecule has 1 N–H and O–H groups in total. The topological polar surface area (TPSA) is 82.9 Å². The maximum Gasteiger partial charge on any atom is 0.289 e. The first-order valence-corrected chi connectivity index (χ1v) is 10.5. The minimum absolute atomic E-state index is 0. The molecule has 1 unspecified atom stereocenters. The summed E-state index contributed by atoms with van der Waals surface area (Å²) in [7, 11) is -3.58. The van der Waals surface area contributed by atoms with Crippen molar-refractivity contribution < 1.29 is 17.6 Å². The van der Waals surface area contributed by atoms with Crippen LogP contribution in [0.1, 0.15) is 48.9 Å². The highest BCUT2D eigenvalue weighted by Gasteiger charge is 2.34. The molecule has 26 heavy (non-hydrogen) atoms. The number of nitrogens with one attached hydrogen (secondary N) is 1. The minimum Gasteiger partial charge on any atom is -0.455 e. The third-order valence-corrected chi connectivity index (χ3v) is 6.97. The zero-order chi connectivity index (χ0) is 18.0. The zero-order valence-corrected chi connectivity index (χ0v) is 17.0. The summed E-state index contributed by atoms with van der Waals surface area (Å²) in [5.74, 6) is 0.188. The monoisotopic (exact) mass is 405 g/mol. The molecule has 3 rings (SSSR count). The van der Waals surface area contributed by atoms with Crippen molar-refractivity contribution >= 4 is 28.3 Å². The SMILES string of the molecule is CCCN(C(=O)c1cc(S(=O)(=O)N2CCCC2)c(C)o1)C1CCNC1.Cl. The standard InChI is InChI=1S/C17H27N3O4S.ClH/c1-3-8-20(14-6-7-18-12-14)17(21)15-11-16(13(2)24-15)25(22,23)19-9-4-5-10-19;/h11,14,18H,3-10,12H2,1-2H3;1H. The molecular formula is C17H28ClN3O4S.